The van der Waals surface area contributed by atoms with Gasteiger partial charge in [-0.2, -0.15) is 0 Å². The van der Waals surface area contributed by atoms with E-state index >= 15 is 0 Å². The summed E-state index contributed by atoms with van der Waals surface area (Å²) in [5, 5.41) is 10.3. The fourth-order valence-electron chi connectivity index (χ4n) is 1.91. The van der Waals surface area contributed by atoms with Gasteiger partial charge in [-0.05, 0) is 42.3 Å². The van der Waals surface area contributed by atoms with Crippen LogP contribution in [0.15, 0.2) is 53.3 Å². The topological polar surface area (TPSA) is 42.4 Å². The first-order chi connectivity index (χ1) is 10.6. The Bertz CT molecular complexity index is 644. The van der Waals surface area contributed by atoms with Crippen molar-refractivity contribution in [3.63, 3.8) is 0 Å². The van der Waals surface area contributed by atoms with Crippen LogP contribution in [-0.2, 0) is 0 Å². The minimum Gasteiger partial charge on any atom is -0.486 e. The molecule has 22 heavy (non-hydrogen) atoms. The number of benzene rings is 1. The molecule has 0 aliphatic heterocycles. The summed E-state index contributed by atoms with van der Waals surface area (Å²) < 4.78 is 6.88. The smallest absolute Gasteiger partial charge is 0.151 e. The van der Waals surface area contributed by atoms with Crippen LogP contribution in [0, 0.1) is 17.8 Å². The van der Waals surface area contributed by atoms with Crippen LogP contribution in [0.1, 0.15) is 19.4 Å². The Hall–Kier alpha value is -1.83. The highest BCUT2D eigenvalue weighted by Gasteiger charge is 2.23. The summed E-state index contributed by atoms with van der Waals surface area (Å²) in [6.07, 6.45) is 2.09. The molecule has 4 heteroatoms. The van der Waals surface area contributed by atoms with Crippen LogP contribution >= 0.6 is 15.9 Å². The lowest BCUT2D eigenvalue weighted by Gasteiger charge is -2.24. The van der Waals surface area contributed by atoms with Crippen molar-refractivity contribution in [3.05, 3.63) is 58.8 Å². The standard InChI is InChI=1S/C18H18BrNO2/c1-13(2)18(22-16-8-6-15(19)7-9-16)17(21)10-5-14-4-3-11-20-12-14/h3-4,6-9,11-13,17-18,21H,1-2H3/t17?,18-/m0/s1. The molecule has 3 nitrogen and oxygen atoms in total. The van der Waals surface area contributed by atoms with Gasteiger partial charge in [-0.15, -0.1) is 0 Å². The number of nitrogens with zero attached hydrogens (tertiary/aromatic N) is 1. The van der Waals surface area contributed by atoms with Gasteiger partial charge in [0.05, 0.1) is 0 Å². The second kappa shape index (κ2) is 7.98. The summed E-state index contributed by atoms with van der Waals surface area (Å²) in [5.74, 6) is 6.61. The zero-order valence-corrected chi connectivity index (χ0v) is 14.1. The Labute approximate surface area is 139 Å². The molecule has 0 aliphatic rings. The van der Waals surface area contributed by atoms with Crippen LogP contribution in [0.2, 0.25) is 0 Å². The zero-order valence-electron chi connectivity index (χ0n) is 12.5. The van der Waals surface area contributed by atoms with E-state index in [1.807, 2.05) is 50.2 Å². The lowest BCUT2D eigenvalue weighted by atomic mass is 10.0. The molecular formula is C18H18BrNO2. The summed E-state index contributed by atoms with van der Waals surface area (Å²) in [7, 11) is 0. The molecule has 0 bridgehead atoms. The highest BCUT2D eigenvalue weighted by Crippen LogP contribution is 2.21. The predicted molar refractivity (Wildman–Crippen MR) is 90.5 cm³/mol. The Balaban J connectivity index is 2.10. The third-order valence-corrected chi connectivity index (χ3v) is 3.61. The van der Waals surface area contributed by atoms with E-state index in [2.05, 4.69) is 32.8 Å². The van der Waals surface area contributed by atoms with Gasteiger partial charge in [0, 0.05) is 22.4 Å². The fourth-order valence-corrected chi connectivity index (χ4v) is 2.18. The molecule has 1 unspecified atom stereocenters. The van der Waals surface area contributed by atoms with Crippen molar-refractivity contribution in [2.45, 2.75) is 26.1 Å². The molecule has 1 aromatic heterocycles. The van der Waals surface area contributed by atoms with Crippen LogP contribution in [0.4, 0.5) is 0 Å². The number of hydrogen-bond donors (Lipinski definition) is 1. The molecule has 2 aromatic rings. The predicted octanol–water partition coefficient (Wildman–Crippen LogP) is 3.66. The molecule has 0 saturated heterocycles. The molecule has 0 amide bonds. The summed E-state index contributed by atoms with van der Waals surface area (Å²) >= 11 is 3.39. The lowest BCUT2D eigenvalue weighted by molar-refractivity contribution is 0.0420. The van der Waals surface area contributed by atoms with Crippen molar-refractivity contribution < 1.29 is 9.84 Å². The molecule has 1 heterocycles. The molecule has 114 valence electrons. The molecule has 0 aliphatic carbocycles. The number of halogens is 1. The number of rotatable bonds is 4. The lowest BCUT2D eigenvalue weighted by Crippen LogP contribution is -2.35. The summed E-state index contributed by atoms with van der Waals surface area (Å²) in [6.45, 7) is 4.00. The SMILES string of the molecule is CC(C)[C@H](Oc1ccc(Br)cc1)C(O)C#Cc1cccnc1. The van der Waals surface area contributed by atoms with E-state index in [0.29, 0.717) is 5.75 Å². The molecule has 2 atom stereocenters. The van der Waals surface area contributed by atoms with E-state index in [1.54, 1.807) is 12.4 Å². The van der Waals surface area contributed by atoms with Crippen molar-refractivity contribution in [2.75, 3.05) is 0 Å². The summed E-state index contributed by atoms with van der Waals surface area (Å²) in [4.78, 5) is 4.00. The molecule has 1 N–H and O–H groups in total. The van der Waals surface area contributed by atoms with Gasteiger partial charge < -0.3 is 9.84 Å². The third kappa shape index (κ3) is 4.87. The second-order valence-electron chi connectivity index (χ2n) is 5.24. The number of ether oxygens (including phenoxy) is 1. The third-order valence-electron chi connectivity index (χ3n) is 3.08. The van der Waals surface area contributed by atoms with Crippen molar-refractivity contribution in [1.82, 2.24) is 4.98 Å². The molecule has 0 fully saturated rings. The maximum atomic E-state index is 10.3. The first-order valence-electron chi connectivity index (χ1n) is 7.08. The Kier molecular flexibility index (Phi) is 6.00. The van der Waals surface area contributed by atoms with Gasteiger partial charge in [0.2, 0.25) is 0 Å². The first-order valence-corrected chi connectivity index (χ1v) is 7.87. The van der Waals surface area contributed by atoms with Gasteiger partial charge in [-0.25, -0.2) is 0 Å². The zero-order chi connectivity index (χ0) is 15.9. The number of aromatic nitrogens is 1. The number of aliphatic hydroxyl groups excluding tert-OH is 1. The van der Waals surface area contributed by atoms with Crippen molar-refractivity contribution >= 4 is 15.9 Å². The van der Waals surface area contributed by atoms with E-state index < -0.39 is 12.2 Å². The van der Waals surface area contributed by atoms with Crippen molar-refractivity contribution in [2.24, 2.45) is 5.92 Å². The van der Waals surface area contributed by atoms with E-state index in [-0.39, 0.29) is 5.92 Å². The Morgan fingerprint density at radius 2 is 1.91 bits per heavy atom. The van der Waals surface area contributed by atoms with Crippen LogP contribution in [0.3, 0.4) is 0 Å². The number of hydrogen-bond acceptors (Lipinski definition) is 3. The largest absolute Gasteiger partial charge is 0.486 e. The van der Waals surface area contributed by atoms with E-state index in [1.165, 1.54) is 0 Å². The minimum absolute atomic E-state index is 0.127. The Morgan fingerprint density at radius 1 is 1.18 bits per heavy atom. The van der Waals surface area contributed by atoms with Gasteiger partial charge in [0.15, 0.2) is 6.10 Å². The molecule has 0 radical (unpaired) electrons. The monoisotopic (exact) mass is 359 g/mol. The van der Waals surface area contributed by atoms with E-state index in [9.17, 15) is 5.11 Å². The molecular weight excluding hydrogens is 342 g/mol. The highest BCUT2D eigenvalue weighted by atomic mass is 79.9. The number of pyridine rings is 1. The number of aliphatic hydroxyl groups is 1. The van der Waals surface area contributed by atoms with Gasteiger partial charge in [-0.3, -0.25) is 4.98 Å². The van der Waals surface area contributed by atoms with Gasteiger partial charge in [0.1, 0.15) is 11.9 Å². The van der Waals surface area contributed by atoms with Gasteiger partial charge in [-0.1, -0.05) is 41.6 Å². The molecule has 2 rings (SSSR count). The van der Waals surface area contributed by atoms with Crippen LogP contribution < -0.4 is 4.74 Å². The van der Waals surface area contributed by atoms with Crippen molar-refractivity contribution in [1.29, 1.82) is 0 Å². The van der Waals surface area contributed by atoms with Crippen LogP contribution in [-0.4, -0.2) is 22.3 Å². The minimum atomic E-state index is -0.871. The summed E-state index contributed by atoms with van der Waals surface area (Å²) in [6, 6.07) is 11.2. The van der Waals surface area contributed by atoms with Crippen molar-refractivity contribution in [3.8, 4) is 17.6 Å². The van der Waals surface area contributed by atoms with Crippen LogP contribution in [0.5, 0.6) is 5.75 Å². The fraction of sp³-hybridized carbons (Fsp3) is 0.278. The molecule has 0 spiro atoms. The van der Waals surface area contributed by atoms with Crippen LogP contribution in [0.25, 0.3) is 0 Å². The maximum absolute atomic E-state index is 10.3. The highest BCUT2D eigenvalue weighted by molar-refractivity contribution is 9.10. The van der Waals surface area contributed by atoms with E-state index in [4.69, 9.17) is 4.74 Å². The average molecular weight is 360 g/mol. The first kappa shape index (κ1) is 16.5. The molecule has 1 aromatic carbocycles. The second-order valence-corrected chi connectivity index (χ2v) is 6.15. The maximum Gasteiger partial charge on any atom is 0.151 e. The quantitative estimate of drug-likeness (QED) is 0.847. The van der Waals surface area contributed by atoms with Gasteiger partial charge in [0.25, 0.3) is 0 Å². The summed E-state index contributed by atoms with van der Waals surface area (Å²) in [5.41, 5.74) is 0.771. The Morgan fingerprint density at radius 3 is 2.50 bits per heavy atom. The normalized spacial score (nSPS) is 13.1. The molecule has 0 saturated carbocycles. The average Bonchev–Trinajstić information content (AvgIpc) is 2.52. The van der Waals surface area contributed by atoms with E-state index in [0.717, 1.165) is 10.0 Å². The van der Waals surface area contributed by atoms with Gasteiger partial charge >= 0.3 is 0 Å².